The van der Waals surface area contributed by atoms with Gasteiger partial charge >= 0.3 is 0 Å². The van der Waals surface area contributed by atoms with Gasteiger partial charge in [-0.05, 0) is 30.0 Å². The van der Waals surface area contributed by atoms with Gasteiger partial charge in [0, 0.05) is 24.5 Å². The lowest BCUT2D eigenvalue weighted by atomic mass is 9.99. The van der Waals surface area contributed by atoms with Crippen molar-refractivity contribution < 1.29 is 15.0 Å². The molecule has 1 amide bonds. The molecular formula is C14H18BrNO3. The molecule has 2 unspecified atom stereocenters. The Hall–Kier alpha value is -0.910. The fourth-order valence-electron chi connectivity index (χ4n) is 2.42. The fraction of sp³-hybridized carbons (Fsp3) is 0.500. The molecule has 0 bridgehead atoms. The number of aliphatic hydroxyl groups excluding tert-OH is 2. The van der Waals surface area contributed by atoms with E-state index < -0.39 is 12.2 Å². The molecule has 1 heterocycles. The van der Waals surface area contributed by atoms with Crippen molar-refractivity contribution in [3.63, 3.8) is 0 Å². The van der Waals surface area contributed by atoms with E-state index in [1.807, 2.05) is 12.1 Å². The van der Waals surface area contributed by atoms with Crippen LogP contribution in [0.2, 0.25) is 0 Å². The van der Waals surface area contributed by atoms with Crippen molar-refractivity contribution in [1.29, 1.82) is 0 Å². The molecule has 2 atom stereocenters. The van der Waals surface area contributed by atoms with Gasteiger partial charge < -0.3 is 15.1 Å². The molecule has 19 heavy (non-hydrogen) atoms. The highest BCUT2D eigenvalue weighted by molar-refractivity contribution is 9.09. The van der Waals surface area contributed by atoms with E-state index >= 15 is 0 Å². The first kappa shape index (κ1) is 14.5. The summed E-state index contributed by atoms with van der Waals surface area (Å²) in [6.45, 7) is 2.24. The molecule has 2 rings (SSSR count). The Bertz CT molecular complexity index is 478. The Balaban J connectivity index is 2.21. The molecule has 0 fully saturated rings. The summed E-state index contributed by atoms with van der Waals surface area (Å²) in [5.41, 5.74) is 2.67. The number of anilines is 1. The van der Waals surface area contributed by atoms with Gasteiger partial charge in [0.25, 0.3) is 0 Å². The molecule has 1 aromatic rings. The summed E-state index contributed by atoms with van der Waals surface area (Å²) in [5.74, 6) is 0.0337. The highest BCUT2D eigenvalue weighted by Gasteiger charge is 2.24. The molecule has 0 aliphatic carbocycles. The maximum atomic E-state index is 11.5. The van der Waals surface area contributed by atoms with Crippen LogP contribution in [0.25, 0.3) is 0 Å². The lowest BCUT2D eigenvalue weighted by molar-refractivity contribution is -0.116. The third-order valence-corrected chi connectivity index (χ3v) is 3.95. The van der Waals surface area contributed by atoms with Crippen LogP contribution >= 0.6 is 15.9 Å². The molecule has 1 aliphatic heterocycles. The van der Waals surface area contributed by atoms with Crippen molar-refractivity contribution in [1.82, 2.24) is 0 Å². The Morgan fingerprint density at radius 2 is 2.21 bits per heavy atom. The molecule has 4 nitrogen and oxygen atoms in total. The molecule has 0 aromatic heterocycles. The molecular weight excluding hydrogens is 310 g/mol. The zero-order valence-electron chi connectivity index (χ0n) is 10.8. The van der Waals surface area contributed by atoms with E-state index in [-0.39, 0.29) is 5.91 Å². The van der Waals surface area contributed by atoms with Gasteiger partial charge in [-0.25, -0.2) is 0 Å². The summed E-state index contributed by atoms with van der Waals surface area (Å²) in [6, 6.07) is 5.52. The van der Waals surface area contributed by atoms with Gasteiger partial charge in [-0.15, -0.1) is 0 Å². The molecule has 5 heteroatoms. The molecule has 0 spiro atoms. The number of hydrogen-bond donors (Lipinski definition) is 2. The van der Waals surface area contributed by atoms with Crippen LogP contribution in [0, 0.1) is 0 Å². The number of nitrogens with zero attached hydrogens (tertiary/aromatic N) is 1. The van der Waals surface area contributed by atoms with Gasteiger partial charge in [-0.3, -0.25) is 4.79 Å². The maximum absolute atomic E-state index is 11.5. The molecule has 0 saturated heterocycles. The summed E-state index contributed by atoms with van der Waals surface area (Å²) in [6.07, 6.45) is -0.362. The first-order valence-electron chi connectivity index (χ1n) is 6.37. The molecule has 0 radical (unpaired) electrons. The van der Waals surface area contributed by atoms with Gasteiger partial charge in [0.1, 0.15) is 6.10 Å². The lowest BCUT2D eigenvalue weighted by Crippen LogP contribution is -2.25. The normalized spacial score (nSPS) is 17.2. The number of rotatable bonds is 4. The third-order valence-electron chi connectivity index (χ3n) is 3.49. The third kappa shape index (κ3) is 2.99. The number of carbonyl (C=O) groups is 1. The van der Waals surface area contributed by atoms with E-state index in [2.05, 4.69) is 15.9 Å². The van der Waals surface area contributed by atoms with Crippen LogP contribution in [0.15, 0.2) is 18.2 Å². The summed E-state index contributed by atoms with van der Waals surface area (Å²) in [7, 11) is 0. The van der Waals surface area contributed by atoms with Gasteiger partial charge in [-0.2, -0.15) is 0 Å². The number of alkyl halides is 1. The number of amides is 1. The number of benzene rings is 1. The average molecular weight is 328 g/mol. The number of aliphatic hydroxyl groups is 2. The van der Waals surface area contributed by atoms with E-state index in [1.54, 1.807) is 17.9 Å². The second kappa shape index (κ2) is 6.03. The summed E-state index contributed by atoms with van der Waals surface area (Å²) in [4.78, 5) is 13.2. The zero-order chi connectivity index (χ0) is 14.0. The van der Waals surface area contributed by atoms with Gasteiger partial charge in [0.15, 0.2) is 0 Å². The smallest absolute Gasteiger partial charge is 0.223 e. The number of carbonyl (C=O) groups excluding carboxylic acids is 1. The van der Waals surface area contributed by atoms with Crippen molar-refractivity contribution in [2.45, 2.75) is 32.0 Å². The first-order valence-corrected chi connectivity index (χ1v) is 7.49. The predicted molar refractivity (Wildman–Crippen MR) is 77.6 cm³/mol. The number of fused-ring (bicyclic) bond motifs is 1. The molecule has 1 aromatic carbocycles. The van der Waals surface area contributed by atoms with E-state index in [0.29, 0.717) is 23.9 Å². The van der Waals surface area contributed by atoms with Crippen molar-refractivity contribution in [2.24, 2.45) is 0 Å². The van der Waals surface area contributed by atoms with Crippen LogP contribution in [0.5, 0.6) is 0 Å². The summed E-state index contributed by atoms with van der Waals surface area (Å²) >= 11 is 3.25. The highest BCUT2D eigenvalue weighted by Crippen LogP contribution is 2.31. The van der Waals surface area contributed by atoms with Crippen LogP contribution in [-0.4, -0.2) is 34.1 Å². The number of hydrogen-bond acceptors (Lipinski definition) is 3. The van der Waals surface area contributed by atoms with Crippen LogP contribution in [-0.2, 0) is 11.2 Å². The predicted octanol–water partition coefficient (Wildman–Crippen LogP) is 1.77. The topological polar surface area (TPSA) is 60.8 Å². The van der Waals surface area contributed by atoms with Gasteiger partial charge in [-0.1, -0.05) is 28.1 Å². The van der Waals surface area contributed by atoms with E-state index in [1.165, 1.54) is 0 Å². The van der Waals surface area contributed by atoms with Crippen LogP contribution in [0.3, 0.4) is 0 Å². The second-order valence-electron chi connectivity index (χ2n) is 4.80. The number of halogens is 1. The highest BCUT2D eigenvalue weighted by atomic mass is 79.9. The Labute approximate surface area is 121 Å². The summed E-state index contributed by atoms with van der Waals surface area (Å²) < 4.78 is 0. The van der Waals surface area contributed by atoms with E-state index in [4.69, 9.17) is 0 Å². The van der Waals surface area contributed by atoms with Crippen molar-refractivity contribution in [2.75, 3.05) is 16.8 Å². The average Bonchev–Trinajstić information content (AvgIpc) is 2.80. The van der Waals surface area contributed by atoms with E-state index in [0.717, 1.165) is 17.7 Å². The Morgan fingerprint density at radius 1 is 1.47 bits per heavy atom. The minimum atomic E-state index is -0.880. The van der Waals surface area contributed by atoms with Crippen LogP contribution in [0.1, 0.15) is 30.6 Å². The lowest BCUT2D eigenvalue weighted by Gasteiger charge is -2.19. The minimum absolute atomic E-state index is 0.0337. The monoisotopic (exact) mass is 327 g/mol. The molecule has 2 N–H and O–H groups in total. The maximum Gasteiger partial charge on any atom is 0.223 e. The quantitative estimate of drug-likeness (QED) is 0.828. The Morgan fingerprint density at radius 3 is 2.84 bits per heavy atom. The standard InChI is InChI=1S/C14H18BrNO3/c1-9(17)16-7-5-10-8-11(2-3-12(10)16)14(19)13(18)4-6-15/h2-3,8,13-14,18-19H,4-7H2,1H3. The van der Waals surface area contributed by atoms with Gasteiger partial charge in [0.2, 0.25) is 5.91 Å². The van der Waals surface area contributed by atoms with Crippen molar-refractivity contribution >= 4 is 27.5 Å². The second-order valence-corrected chi connectivity index (χ2v) is 5.59. The molecule has 104 valence electrons. The molecule has 0 saturated carbocycles. The van der Waals surface area contributed by atoms with Crippen molar-refractivity contribution in [3.05, 3.63) is 29.3 Å². The largest absolute Gasteiger partial charge is 0.390 e. The van der Waals surface area contributed by atoms with Crippen LogP contribution in [0.4, 0.5) is 5.69 Å². The molecule has 1 aliphatic rings. The fourth-order valence-corrected chi connectivity index (χ4v) is 2.89. The van der Waals surface area contributed by atoms with Crippen molar-refractivity contribution in [3.8, 4) is 0 Å². The summed E-state index contributed by atoms with van der Waals surface area (Å²) in [5, 5.41) is 20.5. The zero-order valence-corrected chi connectivity index (χ0v) is 12.4. The SMILES string of the molecule is CC(=O)N1CCc2cc(C(O)C(O)CCBr)ccc21. The van der Waals surface area contributed by atoms with E-state index in [9.17, 15) is 15.0 Å². The van der Waals surface area contributed by atoms with Crippen LogP contribution < -0.4 is 4.90 Å². The first-order chi connectivity index (χ1) is 9.04. The minimum Gasteiger partial charge on any atom is -0.390 e. The van der Waals surface area contributed by atoms with Gasteiger partial charge in [0.05, 0.1) is 6.10 Å². The Kier molecular flexibility index (Phi) is 4.60.